The smallest absolute Gasteiger partial charge is 0.220 e. The molecule has 13 heteroatoms. The molecule has 4 aromatic rings. The van der Waals surface area contributed by atoms with Crippen molar-refractivity contribution in [2.24, 2.45) is 0 Å². The second kappa shape index (κ2) is 14.7. The van der Waals surface area contributed by atoms with Crippen LogP contribution >= 0.6 is 23.2 Å². The Morgan fingerprint density at radius 3 is 2.61 bits per heavy atom. The Morgan fingerprint density at radius 2 is 1.84 bits per heavy atom. The summed E-state index contributed by atoms with van der Waals surface area (Å²) in [6.45, 7) is 1.71. The molecule has 1 saturated heterocycles. The average molecular weight is 641 g/mol. The first-order valence-electron chi connectivity index (χ1n) is 14.1. The zero-order chi connectivity index (χ0) is 31.1. The summed E-state index contributed by atoms with van der Waals surface area (Å²) < 4.78 is 20.7. The lowest BCUT2D eigenvalue weighted by Crippen LogP contribution is -2.35. The highest BCUT2D eigenvalue weighted by molar-refractivity contribution is 6.39. The molecule has 1 fully saturated rings. The number of hydrogen-bond donors (Lipinski definition) is 5. The molecule has 1 amide bonds. The van der Waals surface area contributed by atoms with Gasteiger partial charge in [-0.1, -0.05) is 41.4 Å². The Kier molecular flexibility index (Phi) is 10.6. The third kappa shape index (κ3) is 7.25. The van der Waals surface area contributed by atoms with Gasteiger partial charge in [0.15, 0.2) is 11.6 Å². The van der Waals surface area contributed by atoms with Gasteiger partial charge in [-0.05, 0) is 30.7 Å². The molecular formula is C31H32Cl2FN7O3. The van der Waals surface area contributed by atoms with E-state index in [-0.39, 0.29) is 35.9 Å². The summed E-state index contributed by atoms with van der Waals surface area (Å²) in [5, 5.41) is 21.9. The highest BCUT2D eigenvalue weighted by Gasteiger charge is 2.21. The maximum atomic E-state index is 15.1. The number of hydrogen-bond acceptors (Lipinski definition) is 9. The Labute approximate surface area is 264 Å². The quantitative estimate of drug-likeness (QED) is 0.130. The van der Waals surface area contributed by atoms with E-state index in [9.17, 15) is 4.79 Å². The zero-order valence-corrected chi connectivity index (χ0v) is 25.5. The molecule has 1 unspecified atom stereocenters. The molecule has 10 nitrogen and oxygen atoms in total. The van der Waals surface area contributed by atoms with Crippen molar-refractivity contribution in [3.63, 3.8) is 0 Å². The Balaban J connectivity index is 1.37. The van der Waals surface area contributed by atoms with Crippen LogP contribution < -0.4 is 26.0 Å². The van der Waals surface area contributed by atoms with E-state index < -0.39 is 5.82 Å². The molecule has 0 spiro atoms. The average Bonchev–Trinajstić information content (AvgIpc) is 3.45. The number of carbonyl (C=O) groups excluding carboxylic acids is 1. The second-order valence-corrected chi connectivity index (χ2v) is 10.9. The molecule has 44 heavy (non-hydrogen) atoms. The first kappa shape index (κ1) is 31.6. The van der Waals surface area contributed by atoms with Crippen LogP contribution in [-0.4, -0.2) is 58.8 Å². The van der Waals surface area contributed by atoms with Crippen molar-refractivity contribution in [2.75, 3.05) is 32.1 Å². The maximum Gasteiger partial charge on any atom is 0.220 e. The molecule has 5 rings (SSSR count). The highest BCUT2D eigenvalue weighted by atomic mass is 35.5. The number of anilines is 2. The number of rotatable bonds is 13. The molecule has 1 aromatic carbocycles. The van der Waals surface area contributed by atoms with Crippen molar-refractivity contribution in [3.05, 3.63) is 81.8 Å². The van der Waals surface area contributed by atoms with Crippen molar-refractivity contribution >= 4 is 40.6 Å². The van der Waals surface area contributed by atoms with Crippen LogP contribution in [-0.2, 0) is 17.9 Å². The van der Waals surface area contributed by atoms with E-state index in [1.54, 1.807) is 43.6 Å². The largest absolute Gasteiger partial charge is 0.481 e. The van der Waals surface area contributed by atoms with Gasteiger partial charge in [0.05, 0.1) is 40.8 Å². The van der Waals surface area contributed by atoms with Crippen LogP contribution in [0, 0.1) is 5.82 Å². The third-order valence-electron chi connectivity index (χ3n) is 7.17. The van der Waals surface area contributed by atoms with Crippen molar-refractivity contribution in [1.29, 1.82) is 0 Å². The van der Waals surface area contributed by atoms with Crippen LogP contribution in [0.25, 0.3) is 22.5 Å². The molecule has 0 radical (unpaired) electrons. The Bertz CT molecular complexity index is 1640. The molecule has 1 aliphatic heterocycles. The molecule has 5 N–H and O–H groups in total. The van der Waals surface area contributed by atoms with Crippen LogP contribution in [0.1, 0.15) is 24.0 Å². The van der Waals surface area contributed by atoms with E-state index >= 15 is 4.39 Å². The molecule has 230 valence electrons. The number of ether oxygens (including phenoxy) is 1. The number of amides is 1. The molecule has 3 aromatic heterocycles. The standard InChI is InChI=1S/C31H32Cl2FN7O3/c1-44-31-19(16-36-17-20-6-8-25(43)39-20)5-7-23(41-31)21-10-12-37-29(27(21)33)22-3-2-4-24(26(22)32)40-30-28(34)18(9-11-38-30)15-35-13-14-42/h2-5,7,9-12,20,35-36,42H,6,8,13-17H2,1H3,(H,38,40)(H,39,43). The SMILES string of the molecule is COc1nc(-c2ccnc(-c3cccc(Nc4nccc(CNCCO)c4F)c3Cl)c2Cl)ccc1CNCC1CCC(=O)N1. The van der Waals surface area contributed by atoms with E-state index in [4.69, 9.17) is 38.0 Å². The van der Waals surface area contributed by atoms with Gasteiger partial charge in [-0.15, -0.1) is 0 Å². The van der Waals surface area contributed by atoms with Crippen LogP contribution in [0.15, 0.2) is 54.9 Å². The van der Waals surface area contributed by atoms with Gasteiger partial charge in [0.25, 0.3) is 0 Å². The fourth-order valence-electron chi connectivity index (χ4n) is 4.92. The van der Waals surface area contributed by atoms with E-state index in [2.05, 4.69) is 31.2 Å². The topological polar surface area (TPSA) is 133 Å². The molecule has 0 saturated carbocycles. The number of aliphatic hydroxyl groups is 1. The zero-order valence-electron chi connectivity index (χ0n) is 24.0. The number of carbonyl (C=O) groups is 1. The number of halogens is 3. The minimum absolute atomic E-state index is 0.0130. The summed E-state index contributed by atoms with van der Waals surface area (Å²) in [7, 11) is 1.56. The number of methoxy groups -OCH3 is 1. The van der Waals surface area contributed by atoms with Crippen LogP contribution in [0.2, 0.25) is 10.0 Å². The summed E-state index contributed by atoms with van der Waals surface area (Å²) >= 11 is 13.7. The van der Waals surface area contributed by atoms with E-state index in [0.29, 0.717) is 70.7 Å². The number of nitrogens with zero attached hydrogens (tertiary/aromatic N) is 3. The minimum atomic E-state index is -0.526. The van der Waals surface area contributed by atoms with Crippen molar-refractivity contribution in [3.8, 4) is 28.4 Å². The number of pyridine rings is 3. The van der Waals surface area contributed by atoms with Crippen molar-refractivity contribution < 1.29 is 19.0 Å². The molecule has 0 aliphatic carbocycles. The van der Waals surface area contributed by atoms with Gasteiger partial charge < -0.3 is 31.1 Å². The lowest BCUT2D eigenvalue weighted by molar-refractivity contribution is -0.119. The fraction of sp³-hybridized carbons (Fsp3) is 0.290. The number of benzene rings is 1. The lowest BCUT2D eigenvalue weighted by Gasteiger charge is -2.16. The van der Waals surface area contributed by atoms with Crippen LogP contribution in [0.3, 0.4) is 0 Å². The third-order valence-corrected chi connectivity index (χ3v) is 7.96. The predicted octanol–water partition coefficient (Wildman–Crippen LogP) is 4.85. The van der Waals surface area contributed by atoms with E-state index in [1.165, 1.54) is 6.20 Å². The number of aliphatic hydroxyl groups excluding tert-OH is 1. The molecule has 0 bridgehead atoms. The van der Waals surface area contributed by atoms with Crippen LogP contribution in [0.4, 0.5) is 15.9 Å². The molecule has 1 aliphatic rings. The normalized spacial score (nSPS) is 14.5. The lowest BCUT2D eigenvalue weighted by atomic mass is 10.1. The predicted molar refractivity (Wildman–Crippen MR) is 169 cm³/mol. The second-order valence-electron chi connectivity index (χ2n) is 10.1. The summed E-state index contributed by atoms with van der Waals surface area (Å²) in [5.41, 5.74) is 3.87. The Hall–Kier alpha value is -3.87. The summed E-state index contributed by atoms with van der Waals surface area (Å²) in [6.07, 6.45) is 4.49. The summed E-state index contributed by atoms with van der Waals surface area (Å²) in [4.78, 5) is 24.8. The molecular weight excluding hydrogens is 608 g/mol. The molecule has 1 atom stereocenters. The van der Waals surface area contributed by atoms with E-state index in [1.807, 2.05) is 12.1 Å². The number of nitrogens with one attached hydrogen (secondary N) is 4. The fourth-order valence-corrected chi connectivity index (χ4v) is 5.49. The maximum absolute atomic E-state index is 15.1. The van der Waals surface area contributed by atoms with E-state index in [0.717, 1.165) is 12.0 Å². The highest BCUT2D eigenvalue weighted by Crippen LogP contribution is 2.40. The van der Waals surface area contributed by atoms with Crippen molar-refractivity contribution in [1.82, 2.24) is 30.9 Å². The Morgan fingerprint density at radius 1 is 1.02 bits per heavy atom. The van der Waals surface area contributed by atoms with Gasteiger partial charge in [0, 0.05) is 73.3 Å². The first-order valence-corrected chi connectivity index (χ1v) is 14.8. The van der Waals surface area contributed by atoms with Gasteiger partial charge in [-0.2, -0.15) is 0 Å². The number of aromatic nitrogens is 3. The van der Waals surface area contributed by atoms with Gasteiger partial charge in [-0.25, -0.2) is 14.4 Å². The first-order chi connectivity index (χ1) is 21.4. The molecule has 4 heterocycles. The van der Waals surface area contributed by atoms with Gasteiger partial charge in [-0.3, -0.25) is 9.78 Å². The summed E-state index contributed by atoms with van der Waals surface area (Å²) in [5.74, 6) is 0.0194. The van der Waals surface area contributed by atoms with Gasteiger partial charge in [0.2, 0.25) is 11.8 Å². The van der Waals surface area contributed by atoms with Gasteiger partial charge in [0.1, 0.15) is 0 Å². The van der Waals surface area contributed by atoms with Crippen molar-refractivity contribution in [2.45, 2.75) is 32.0 Å². The van der Waals surface area contributed by atoms with Crippen LogP contribution in [0.5, 0.6) is 5.88 Å². The summed E-state index contributed by atoms with van der Waals surface area (Å²) in [6, 6.07) is 12.5. The monoisotopic (exact) mass is 639 g/mol. The van der Waals surface area contributed by atoms with Gasteiger partial charge >= 0.3 is 0 Å². The minimum Gasteiger partial charge on any atom is -0.481 e.